The maximum atomic E-state index is 14.9. The second-order valence-electron chi connectivity index (χ2n) is 7.67. The van der Waals surface area contributed by atoms with Gasteiger partial charge in [-0.15, -0.1) is 0 Å². The average molecular weight is 499 g/mol. The maximum Gasteiger partial charge on any atom is 0.414 e. The van der Waals surface area contributed by atoms with Crippen LogP contribution in [0.4, 0.5) is 25.4 Å². The van der Waals surface area contributed by atoms with E-state index in [-0.39, 0.29) is 32.2 Å². The van der Waals surface area contributed by atoms with Gasteiger partial charge in [-0.25, -0.2) is 14.2 Å². The number of piperazine rings is 1. The minimum Gasteiger partial charge on any atom is -0.456 e. The molecular weight excluding hydrogens is 471 g/mol. The standard InChI is InChI=1S/C21H27FN4O7S/c1-3-26(21(30)34)32-12-16-11-25(20(29)33-16)15-4-5-18(17(22)10-15)23-6-8-24(9-7-23)19(28)13-31-14(2)27/h4-5,10,16H,3,6-9,11-13H2,1-2H3,(H,30,34)/t16-/m0/s1. The number of nitrogens with zero attached hydrogens (tertiary/aromatic N) is 4. The zero-order valence-electron chi connectivity index (χ0n) is 18.9. The van der Waals surface area contributed by atoms with Crippen LogP contribution in [0.15, 0.2) is 18.2 Å². The van der Waals surface area contributed by atoms with Crippen molar-refractivity contribution in [2.75, 3.05) is 62.3 Å². The van der Waals surface area contributed by atoms with Gasteiger partial charge in [-0.2, -0.15) is 0 Å². The molecule has 0 saturated carbocycles. The summed E-state index contributed by atoms with van der Waals surface area (Å²) < 4.78 is 24.9. The summed E-state index contributed by atoms with van der Waals surface area (Å²) in [4.78, 5) is 56.5. The number of carbonyl (C=O) groups excluding carboxylic acids is 4. The second kappa shape index (κ2) is 11.4. The summed E-state index contributed by atoms with van der Waals surface area (Å²) in [6, 6.07) is 4.46. The number of amides is 3. The molecule has 13 heteroatoms. The van der Waals surface area contributed by atoms with Gasteiger partial charge in [-0.1, -0.05) is 12.6 Å². The molecule has 3 amide bonds. The van der Waals surface area contributed by atoms with Crippen LogP contribution in [0, 0.1) is 5.82 Å². The molecular formula is C21H27FN4O7S. The van der Waals surface area contributed by atoms with Crippen LogP contribution in [0.25, 0.3) is 0 Å². The van der Waals surface area contributed by atoms with E-state index >= 15 is 0 Å². The number of thiol groups is 1. The molecule has 0 unspecified atom stereocenters. The van der Waals surface area contributed by atoms with Gasteiger partial charge in [0.05, 0.1) is 17.9 Å². The molecule has 2 aliphatic rings. The van der Waals surface area contributed by atoms with E-state index in [1.54, 1.807) is 24.0 Å². The third-order valence-corrected chi connectivity index (χ3v) is 5.63. The van der Waals surface area contributed by atoms with Crippen molar-refractivity contribution in [3.63, 3.8) is 0 Å². The molecule has 1 atom stereocenters. The lowest BCUT2D eigenvalue weighted by atomic mass is 10.2. The average Bonchev–Trinajstić information content (AvgIpc) is 3.18. The highest BCUT2D eigenvalue weighted by Gasteiger charge is 2.34. The molecule has 0 spiro atoms. The van der Waals surface area contributed by atoms with E-state index in [4.69, 9.17) is 14.3 Å². The number of anilines is 2. The summed E-state index contributed by atoms with van der Waals surface area (Å²) in [5, 5.41) is 0.480. The summed E-state index contributed by atoms with van der Waals surface area (Å²) in [6.45, 7) is 4.57. The first-order valence-electron chi connectivity index (χ1n) is 10.8. The highest BCUT2D eigenvalue weighted by atomic mass is 32.1. The van der Waals surface area contributed by atoms with Crippen LogP contribution >= 0.6 is 12.6 Å². The summed E-state index contributed by atoms with van der Waals surface area (Å²) in [7, 11) is 0. The smallest absolute Gasteiger partial charge is 0.414 e. The number of rotatable bonds is 8. The van der Waals surface area contributed by atoms with Gasteiger partial charge in [-0.05, 0) is 25.1 Å². The topological polar surface area (TPSA) is 109 Å². The van der Waals surface area contributed by atoms with Gasteiger partial charge in [0.2, 0.25) is 0 Å². The largest absolute Gasteiger partial charge is 0.456 e. The summed E-state index contributed by atoms with van der Waals surface area (Å²) in [5.41, 5.74) is 0.690. The first-order chi connectivity index (χ1) is 16.2. The lowest BCUT2D eigenvalue weighted by Gasteiger charge is -2.36. The van der Waals surface area contributed by atoms with Crippen molar-refractivity contribution in [1.29, 1.82) is 0 Å². The number of hydrogen-bond donors (Lipinski definition) is 1. The molecule has 2 fully saturated rings. The first-order valence-corrected chi connectivity index (χ1v) is 11.2. The van der Waals surface area contributed by atoms with Crippen molar-refractivity contribution >= 4 is 47.2 Å². The number of esters is 1. The Morgan fingerprint density at radius 1 is 1.24 bits per heavy atom. The van der Waals surface area contributed by atoms with Crippen LogP contribution in [-0.2, 0) is 23.9 Å². The van der Waals surface area contributed by atoms with Gasteiger partial charge >= 0.3 is 17.3 Å². The molecule has 0 radical (unpaired) electrons. The van der Waals surface area contributed by atoms with Gasteiger partial charge in [-0.3, -0.25) is 24.1 Å². The molecule has 0 bridgehead atoms. The molecule has 34 heavy (non-hydrogen) atoms. The van der Waals surface area contributed by atoms with E-state index in [0.717, 1.165) is 5.06 Å². The molecule has 2 aliphatic heterocycles. The lowest BCUT2D eigenvalue weighted by molar-refractivity contribution is -0.150. The Labute approximate surface area is 201 Å². The van der Waals surface area contributed by atoms with E-state index in [1.165, 1.54) is 17.9 Å². The van der Waals surface area contributed by atoms with Crippen molar-refractivity contribution in [3.05, 3.63) is 24.0 Å². The molecule has 0 aliphatic carbocycles. The zero-order chi connectivity index (χ0) is 24.8. The maximum absolute atomic E-state index is 14.9. The summed E-state index contributed by atoms with van der Waals surface area (Å²) in [5.74, 6) is -1.33. The summed E-state index contributed by atoms with van der Waals surface area (Å²) >= 11 is 3.70. The fraction of sp³-hybridized carbons (Fsp3) is 0.524. The minimum atomic E-state index is -0.638. The van der Waals surface area contributed by atoms with Gasteiger partial charge in [0.25, 0.3) is 5.91 Å². The number of cyclic esters (lactones) is 1. The van der Waals surface area contributed by atoms with Crippen LogP contribution in [0.1, 0.15) is 13.8 Å². The monoisotopic (exact) mass is 498 g/mol. The third kappa shape index (κ3) is 6.29. The van der Waals surface area contributed by atoms with Gasteiger partial charge in [0.1, 0.15) is 18.5 Å². The Morgan fingerprint density at radius 3 is 2.53 bits per heavy atom. The summed E-state index contributed by atoms with van der Waals surface area (Å²) in [6.07, 6.45) is -1.27. The molecule has 11 nitrogen and oxygen atoms in total. The van der Waals surface area contributed by atoms with E-state index in [2.05, 4.69) is 12.6 Å². The first kappa shape index (κ1) is 25.6. The predicted molar refractivity (Wildman–Crippen MR) is 122 cm³/mol. The number of ether oxygens (including phenoxy) is 2. The number of benzene rings is 1. The molecule has 186 valence electrons. The van der Waals surface area contributed by atoms with Crippen molar-refractivity contribution in [2.24, 2.45) is 0 Å². The van der Waals surface area contributed by atoms with Crippen LogP contribution in [0.3, 0.4) is 0 Å². The number of halogens is 1. The van der Waals surface area contributed by atoms with Gasteiger partial charge in [0, 0.05) is 39.6 Å². The van der Waals surface area contributed by atoms with Crippen molar-refractivity contribution in [2.45, 2.75) is 20.0 Å². The quantitative estimate of drug-likeness (QED) is 0.328. The van der Waals surface area contributed by atoms with Crippen LogP contribution in [-0.4, -0.2) is 91.8 Å². The van der Waals surface area contributed by atoms with Crippen LogP contribution < -0.4 is 9.80 Å². The van der Waals surface area contributed by atoms with Gasteiger partial charge in [0.15, 0.2) is 6.61 Å². The molecule has 2 heterocycles. The van der Waals surface area contributed by atoms with E-state index in [9.17, 15) is 23.6 Å². The Balaban J connectivity index is 1.56. The van der Waals surface area contributed by atoms with Crippen LogP contribution in [0.5, 0.6) is 0 Å². The van der Waals surface area contributed by atoms with Crippen LogP contribution in [0.2, 0.25) is 0 Å². The van der Waals surface area contributed by atoms with Crippen molar-refractivity contribution < 1.29 is 37.9 Å². The van der Waals surface area contributed by atoms with E-state index in [1.807, 2.05) is 4.90 Å². The number of carbonyl (C=O) groups is 4. The minimum absolute atomic E-state index is 0.0383. The molecule has 1 aromatic rings. The SMILES string of the molecule is CCN(OC[C@@H]1CN(c2ccc(N3CCN(C(=O)COC(C)=O)CC3)c(F)c2)C(=O)O1)C(=O)S. The number of hydrogen-bond acceptors (Lipinski definition) is 8. The highest BCUT2D eigenvalue weighted by Crippen LogP contribution is 2.28. The molecule has 0 N–H and O–H groups in total. The second-order valence-corrected chi connectivity index (χ2v) is 8.06. The normalized spacial score (nSPS) is 18.1. The molecule has 0 aromatic heterocycles. The number of hydroxylamine groups is 2. The van der Waals surface area contributed by atoms with Crippen molar-refractivity contribution in [1.82, 2.24) is 9.96 Å². The molecule has 3 rings (SSSR count). The Hall–Kier alpha value is -3.06. The van der Waals surface area contributed by atoms with Gasteiger partial charge < -0.3 is 19.3 Å². The zero-order valence-corrected chi connectivity index (χ0v) is 19.8. The molecule has 2 saturated heterocycles. The third-order valence-electron chi connectivity index (χ3n) is 5.41. The molecule has 1 aromatic carbocycles. The lowest BCUT2D eigenvalue weighted by Crippen LogP contribution is -2.50. The van der Waals surface area contributed by atoms with E-state index in [0.29, 0.717) is 37.6 Å². The Kier molecular flexibility index (Phi) is 8.56. The Bertz CT molecular complexity index is 942. The Morgan fingerprint density at radius 2 is 1.94 bits per heavy atom. The predicted octanol–water partition coefficient (Wildman–Crippen LogP) is 1.67. The van der Waals surface area contributed by atoms with Crippen molar-refractivity contribution in [3.8, 4) is 0 Å². The van der Waals surface area contributed by atoms with E-state index < -0.39 is 29.2 Å². The highest BCUT2D eigenvalue weighted by molar-refractivity contribution is 7.96. The fourth-order valence-corrected chi connectivity index (χ4v) is 3.84. The fourth-order valence-electron chi connectivity index (χ4n) is 3.65.